The third-order valence-electron chi connectivity index (χ3n) is 5.86. The van der Waals surface area contributed by atoms with Gasteiger partial charge in [0.15, 0.2) is 6.61 Å². The van der Waals surface area contributed by atoms with Crippen molar-refractivity contribution in [3.05, 3.63) is 40.2 Å². The predicted octanol–water partition coefficient (Wildman–Crippen LogP) is 4.57. The molecule has 2 aromatic heterocycles. The number of alkyl halides is 3. The van der Waals surface area contributed by atoms with E-state index in [4.69, 9.17) is 9.72 Å². The van der Waals surface area contributed by atoms with Crippen LogP contribution in [0.5, 0.6) is 5.75 Å². The topological polar surface area (TPSA) is 70.6 Å². The molecule has 0 saturated carbocycles. The monoisotopic (exact) mass is 493 g/mol. The highest BCUT2D eigenvalue weighted by molar-refractivity contribution is 7.10. The van der Waals surface area contributed by atoms with E-state index in [1.54, 1.807) is 12.1 Å². The van der Waals surface area contributed by atoms with Gasteiger partial charge in [-0.15, -0.1) is 11.3 Å². The van der Waals surface area contributed by atoms with E-state index in [1.807, 2.05) is 13.0 Å². The van der Waals surface area contributed by atoms with Gasteiger partial charge in [-0.1, -0.05) is 0 Å². The van der Waals surface area contributed by atoms with Gasteiger partial charge in [-0.05, 0) is 52.1 Å². The number of nitrogens with zero attached hydrogens (tertiary/aromatic N) is 4. The van der Waals surface area contributed by atoms with Crippen molar-refractivity contribution < 1.29 is 22.7 Å². The second-order valence-electron chi connectivity index (χ2n) is 8.50. The summed E-state index contributed by atoms with van der Waals surface area (Å²) in [5, 5.41) is 4.76. The number of ether oxygens (including phenoxy) is 1. The maximum Gasteiger partial charge on any atom is 0.425 e. The van der Waals surface area contributed by atoms with Gasteiger partial charge in [0.05, 0.1) is 11.2 Å². The minimum atomic E-state index is -4.43. The van der Waals surface area contributed by atoms with Crippen molar-refractivity contribution in [1.82, 2.24) is 14.9 Å². The Morgan fingerprint density at radius 3 is 2.62 bits per heavy atom. The fourth-order valence-electron chi connectivity index (χ4n) is 3.96. The van der Waals surface area contributed by atoms with Crippen LogP contribution in [0.2, 0.25) is 0 Å². The predicted molar refractivity (Wildman–Crippen MR) is 127 cm³/mol. The summed E-state index contributed by atoms with van der Waals surface area (Å²) >= 11 is 0.527. The number of carbonyl (C=O) groups excluding carboxylic acids is 1. The van der Waals surface area contributed by atoms with E-state index in [9.17, 15) is 18.0 Å². The molecule has 0 radical (unpaired) electrons. The van der Waals surface area contributed by atoms with Gasteiger partial charge in [0.25, 0.3) is 5.91 Å². The second-order valence-corrected chi connectivity index (χ2v) is 9.42. The first-order valence-electron chi connectivity index (χ1n) is 10.9. The number of benzene rings is 1. The fourth-order valence-corrected chi connectivity index (χ4v) is 4.65. The second kappa shape index (κ2) is 9.75. The number of aryl methyl sites for hydroxylation is 1. The lowest BCUT2D eigenvalue weighted by Crippen LogP contribution is -2.42. The average Bonchev–Trinajstić information content (AvgIpc) is 3.28. The molecule has 11 heteroatoms. The molecule has 1 aromatic carbocycles. The van der Waals surface area contributed by atoms with E-state index in [0.717, 1.165) is 48.6 Å². The maximum absolute atomic E-state index is 12.7. The van der Waals surface area contributed by atoms with Crippen LogP contribution in [0.1, 0.15) is 23.4 Å². The number of halogens is 3. The Kier molecular flexibility index (Phi) is 6.94. The fraction of sp³-hybridized carbons (Fsp3) is 0.435. The lowest BCUT2D eigenvalue weighted by atomic mass is 10.0. The number of nitrogens with one attached hydrogen (secondary N) is 1. The minimum absolute atomic E-state index is 0.0115. The third kappa shape index (κ3) is 5.58. The molecule has 7 nitrogen and oxygen atoms in total. The summed E-state index contributed by atoms with van der Waals surface area (Å²) in [6.07, 6.45) is -2.31. The smallest absolute Gasteiger partial charge is 0.425 e. The van der Waals surface area contributed by atoms with Gasteiger partial charge in [0, 0.05) is 41.7 Å². The van der Waals surface area contributed by atoms with Crippen LogP contribution < -0.4 is 15.0 Å². The van der Waals surface area contributed by atoms with Crippen LogP contribution >= 0.6 is 11.3 Å². The molecule has 0 atom stereocenters. The molecule has 1 fully saturated rings. The van der Waals surface area contributed by atoms with Gasteiger partial charge in [-0.3, -0.25) is 4.79 Å². The lowest BCUT2D eigenvalue weighted by Gasteiger charge is -2.35. The number of thiophene rings is 1. The van der Waals surface area contributed by atoms with Crippen molar-refractivity contribution >= 4 is 39.8 Å². The summed E-state index contributed by atoms with van der Waals surface area (Å²) < 4.78 is 43.2. The minimum Gasteiger partial charge on any atom is -0.483 e. The van der Waals surface area contributed by atoms with Crippen LogP contribution in [0, 0.1) is 6.92 Å². The van der Waals surface area contributed by atoms with Crippen LogP contribution in [-0.4, -0.2) is 60.6 Å². The van der Waals surface area contributed by atoms with Crippen molar-refractivity contribution in [2.75, 3.05) is 44.0 Å². The SMILES string of the molecule is Cc1nc(N2CCC(N(C)C)CC2)nc2ccc(NC(=O)COc3csc(C(F)(F)F)c3)cc12. The van der Waals surface area contributed by atoms with Crippen molar-refractivity contribution in [2.24, 2.45) is 0 Å². The number of hydrogen-bond acceptors (Lipinski definition) is 7. The first kappa shape index (κ1) is 24.2. The van der Waals surface area contributed by atoms with E-state index in [2.05, 4.69) is 34.2 Å². The highest BCUT2D eigenvalue weighted by Gasteiger charge is 2.32. The average molecular weight is 494 g/mol. The highest BCUT2D eigenvalue weighted by atomic mass is 32.1. The molecule has 0 bridgehead atoms. The van der Waals surface area contributed by atoms with Gasteiger partial charge in [0.1, 0.15) is 10.6 Å². The number of hydrogen-bond donors (Lipinski definition) is 1. The largest absolute Gasteiger partial charge is 0.483 e. The van der Waals surface area contributed by atoms with E-state index in [0.29, 0.717) is 29.0 Å². The maximum atomic E-state index is 12.7. The summed E-state index contributed by atoms with van der Waals surface area (Å²) in [6, 6.07) is 6.80. The molecule has 0 spiro atoms. The van der Waals surface area contributed by atoms with E-state index < -0.39 is 23.6 Å². The Morgan fingerprint density at radius 1 is 1.24 bits per heavy atom. The highest BCUT2D eigenvalue weighted by Crippen LogP contribution is 2.36. The molecule has 1 aliphatic heterocycles. The van der Waals surface area contributed by atoms with Crippen LogP contribution in [0.3, 0.4) is 0 Å². The molecule has 0 unspecified atom stereocenters. The molecule has 1 amide bonds. The molecule has 3 aromatic rings. The molecule has 4 rings (SSSR count). The number of fused-ring (bicyclic) bond motifs is 1. The molecular weight excluding hydrogens is 467 g/mol. The Balaban J connectivity index is 1.39. The third-order valence-corrected chi connectivity index (χ3v) is 6.81. The summed E-state index contributed by atoms with van der Waals surface area (Å²) in [4.78, 5) is 25.3. The van der Waals surface area contributed by atoms with E-state index >= 15 is 0 Å². The molecule has 0 aliphatic carbocycles. The molecule has 34 heavy (non-hydrogen) atoms. The van der Waals surface area contributed by atoms with Gasteiger partial charge in [-0.25, -0.2) is 9.97 Å². The van der Waals surface area contributed by atoms with Crippen molar-refractivity contribution in [3.63, 3.8) is 0 Å². The van der Waals surface area contributed by atoms with Crippen molar-refractivity contribution in [2.45, 2.75) is 32.0 Å². The van der Waals surface area contributed by atoms with Crippen LogP contribution in [0.4, 0.5) is 24.8 Å². The van der Waals surface area contributed by atoms with Crippen LogP contribution in [0.25, 0.3) is 10.9 Å². The van der Waals surface area contributed by atoms with Gasteiger partial charge < -0.3 is 19.9 Å². The van der Waals surface area contributed by atoms with Gasteiger partial charge in [0.2, 0.25) is 5.95 Å². The van der Waals surface area contributed by atoms with Gasteiger partial charge >= 0.3 is 6.18 Å². The van der Waals surface area contributed by atoms with Crippen LogP contribution in [0.15, 0.2) is 29.6 Å². The Labute approximate surface area is 199 Å². The van der Waals surface area contributed by atoms with Gasteiger partial charge in [-0.2, -0.15) is 13.2 Å². The number of amides is 1. The summed E-state index contributed by atoms with van der Waals surface area (Å²) in [7, 11) is 4.20. The van der Waals surface area contributed by atoms with Crippen molar-refractivity contribution in [3.8, 4) is 5.75 Å². The zero-order chi connectivity index (χ0) is 24.5. The normalized spacial score (nSPS) is 15.2. The van der Waals surface area contributed by atoms with Crippen LogP contribution in [-0.2, 0) is 11.0 Å². The zero-order valence-electron chi connectivity index (χ0n) is 19.1. The molecule has 182 valence electrons. The number of piperidine rings is 1. The van der Waals surface area contributed by atoms with Crippen molar-refractivity contribution in [1.29, 1.82) is 0 Å². The van der Waals surface area contributed by atoms with E-state index in [-0.39, 0.29) is 5.75 Å². The molecule has 1 aliphatic rings. The summed E-state index contributed by atoms with van der Waals surface area (Å²) in [5.41, 5.74) is 2.12. The molecule has 1 N–H and O–H groups in total. The Morgan fingerprint density at radius 2 is 1.97 bits per heavy atom. The quantitative estimate of drug-likeness (QED) is 0.543. The first-order chi connectivity index (χ1) is 16.1. The number of carbonyl (C=O) groups is 1. The van der Waals surface area contributed by atoms with E-state index in [1.165, 1.54) is 5.38 Å². The standard InChI is InChI=1S/C23H26F3N5O2S/c1-14-18-10-15(28-21(32)12-33-17-11-20(34-13-17)23(24,25)26)4-5-19(18)29-22(27-14)31-8-6-16(7-9-31)30(2)3/h4-5,10-11,13,16H,6-9,12H2,1-3H3,(H,28,32). The first-order valence-corrected chi connectivity index (χ1v) is 11.8. The number of rotatable bonds is 6. The Hall–Kier alpha value is -2.92. The lowest BCUT2D eigenvalue weighted by molar-refractivity contribution is -0.134. The number of aromatic nitrogens is 2. The molecule has 3 heterocycles. The summed E-state index contributed by atoms with van der Waals surface area (Å²) in [5.74, 6) is 0.247. The Bertz CT molecular complexity index is 1170. The summed E-state index contributed by atoms with van der Waals surface area (Å²) in [6.45, 7) is 3.31. The molecular formula is C23H26F3N5O2S. The number of anilines is 2. The zero-order valence-corrected chi connectivity index (χ0v) is 20.0. The molecule has 1 saturated heterocycles.